The van der Waals surface area contributed by atoms with Crippen molar-refractivity contribution in [3.05, 3.63) is 0 Å². The number of nitrogens with two attached hydrogens (primary N) is 3. The Kier molecular flexibility index (Phi) is 28.0. The lowest BCUT2D eigenvalue weighted by molar-refractivity contribution is -0.144. The van der Waals surface area contributed by atoms with Gasteiger partial charge in [-0.1, -0.05) is 145 Å². The number of ether oxygens (including phenoxy) is 1. The van der Waals surface area contributed by atoms with Crippen LogP contribution in [0.4, 0.5) is 14.4 Å². The highest BCUT2D eigenvalue weighted by molar-refractivity contribution is 6.51. The van der Waals surface area contributed by atoms with E-state index in [4.69, 9.17) is 45.1 Å². The number of hydrogen-bond donors (Lipinski definition) is 8. The molecule has 4 unspecified atom stereocenters. The van der Waals surface area contributed by atoms with Crippen molar-refractivity contribution in [2.75, 3.05) is 19.6 Å². The fourth-order valence-corrected chi connectivity index (χ4v) is 25.2. The van der Waals surface area contributed by atoms with E-state index in [1.165, 1.54) is 24.2 Å². The Morgan fingerprint density at radius 1 is 0.430 bits per heavy atom. The van der Waals surface area contributed by atoms with E-state index < -0.39 is 128 Å². The maximum Gasteiger partial charge on any atom is 0.408 e. The number of primary amides is 3. The normalized spacial score (nSPS) is 31.1. The van der Waals surface area contributed by atoms with Crippen LogP contribution in [-0.4, -0.2) is 180 Å². The summed E-state index contributed by atoms with van der Waals surface area (Å²) in [6.07, 6.45) is 26.2. The summed E-state index contributed by atoms with van der Waals surface area (Å²) in [4.78, 5) is 202. The maximum absolute atomic E-state index is 14.6. The average Bonchev–Trinajstić information content (AvgIpc) is 1.53. The van der Waals surface area contributed by atoms with E-state index >= 15 is 0 Å². The molecule has 11 N–H and O–H groups in total. The molecular weight excluding hydrogens is 1590 g/mol. The molecule has 4 bridgehead atoms. The molecule has 15 aliphatic rings. The van der Waals surface area contributed by atoms with Crippen LogP contribution < -0.4 is 43.8 Å². The SMILES string of the molecule is CC(C)(C)NC(=O)N[C@H](C(=O)N1C[C@H]2[C@@H]([C@H]1C(=O)CC(CC1CCC1)C(=O)C(N)=O)C2(C)C)C1CCCCC1.CC(C)(C)OC(=O)NC(C(=O)N1C[C@H]2[C@@H]([C@H]1C(=O)CC(CC1CCC1)C(=O)C(N)=O)C2(Cl)Cl)C(C)(C)C.CC1(C)[C@@H]2[C@@H](C(=O)CC(CC3CCC3)C(=O)C(N)=O)N(C(=O)[C@@H](NC(=O)NC34CC5CC(CC(C5)C3)C4)C3CCCCC3)C[C@@H]21. The van der Waals surface area contributed by atoms with Crippen LogP contribution >= 0.6 is 23.2 Å². The van der Waals surface area contributed by atoms with Crippen LogP contribution in [-0.2, 0) is 62.3 Å². The lowest BCUT2D eigenvalue weighted by Gasteiger charge is -2.56. The van der Waals surface area contributed by atoms with Gasteiger partial charge in [0.25, 0.3) is 17.7 Å². The van der Waals surface area contributed by atoms with Crippen molar-refractivity contribution in [2.24, 2.45) is 134 Å². The molecule has 0 aromatic heterocycles. The molecule has 0 radical (unpaired) electrons. The van der Waals surface area contributed by atoms with Gasteiger partial charge in [0.1, 0.15) is 28.1 Å². The molecule has 11 amide bonds. The molecule has 121 heavy (non-hydrogen) atoms. The summed E-state index contributed by atoms with van der Waals surface area (Å²) in [5, 5.41) is 15.2. The average molecular weight is 1730 g/mol. The number of ketones is 6. The Morgan fingerprint density at radius 2 is 0.769 bits per heavy atom. The number of carbonyl (C=O) groups excluding carboxylic acids is 15. The molecule has 0 aromatic carbocycles. The molecule has 15 atom stereocenters. The van der Waals surface area contributed by atoms with Crippen molar-refractivity contribution in [2.45, 2.75) is 346 Å². The standard InChI is InChI=1S/C36H54N4O5.C30H48N4O5.C26H39Cl2N3O6/c1-35(2)26-19-40(30(28(26)35)27(41)15-25(31(42)32(37)43)14-20-7-6-8-20)33(44)29(24-9-4-3-5-10-24)38-34(45)39-36-16-21-11-22(17-36)13-23(12-21)18-36;1-29(2,3)33-28(39)32-23(18-12-7-6-8-13-18)27(38)34-16-20-22(30(20,4)5)24(34)21(35)15-19(25(36)26(31)37)14-17-10-9-11-17;1-24(2,3)20(30-23(36)37-25(4,5)6)22(35)31-12-15-17(26(15,27)28)18(31)16(32)11-14(19(33)21(29)34)10-13-8-7-9-13/h20-26,28-30H,3-19H2,1-2H3,(H2,37,43)(H2,38,39,45);17-20,22-24H,6-16H2,1-5H3,(H2,31,37)(H2,32,33,39);13-15,17-18,20H,7-12H2,1-6H3,(H2,29,34)(H,30,36)/t21?,22?,23?,25?,26-,28-,29-,30+,36?;19?,20-,22-,23-,24+;14?,15-,17-,18+,20?/m000/s1. The zero-order chi connectivity index (χ0) is 88.5. The van der Waals surface area contributed by atoms with E-state index in [1.807, 2.05) is 20.8 Å². The molecular formula is C92H141Cl2N11O16. The third kappa shape index (κ3) is 21.2. The van der Waals surface area contributed by atoms with Gasteiger partial charge in [0.15, 0.2) is 17.3 Å². The number of nitrogens with zero attached hydrogens (tertiary/aromatic N) is 3. The van der Waals surface area contributed by atoms with Gasteiger partial charge >= 0.3 is 18.2 Å². The van der Waals surface area contributed by atoms with E-state index in [2.05, 4.69) is 54.3 Å². The van der Waals surface area contributed by atoms with Crippen LogP contribution in [0.25, 0.3) is 0 Å². The van der Waals surface area contributed by atoms with Gasteiger partial charge in [0.2, 0.25) is 35.1 Å². The molecule has 0 aromatic rings. The van der Waals surface area contributed by atoms with Crippen molar-refractivity contribution in [3.8, 4) is 0 Å². The highest BCUT2D eigenvalue weighted by Crippen LogP contribution is 2.68. The number of rotatable bonds is 30. The number of likely N-dealkylation sites (tertiary alicyclic amines) is 3. The van der Waals surface area contributed by atoms with Crippen LogP contribution in [0.2, 0.25) is 0 Å². The van der Waals surface area contributed by atoms with Gasteiger partial charge in [-0.2, -0.15) is 0 Å². The molecule has 3 heterocycles. The van der Waals surface area contributed by atoms with Crippen LogP contribution in [0.1, 0.15) is 289 Å². The van der Waals surface area contributed by atoms with Crippen LogP contribution in [0.15, 0.2) is 0 Å². The Morgan fingerprint density at radius 3 is 1.09 bits per heavy atom. The quantitative estimate of drug-likeness (QED) is 0.0245. The number of urea groups is 2. The van der Waals surface area contributed by atoms with Crippen molar-refractivity contribution >= 4 is 111 Å². The van der Waals surface area contributed by atoms with E-state index in [1.54, 1.807) is 51.3 Å². The van der Waals surface area contributed by atoms with Crippen molar-refractivity contribution in [1.29, 1.82) is 0 Å². The lowest BCUT2D eigenvalue weighted by Crippen LogP contribution is -2.64. The first kappa shape index (κ1) is 93.4. The number of piperidine rings is 3. The topological polar surface area (TPSA) is 413 Å². The Bertz CT molecular complexity index is 3950. The van der Waals surface area contributed by atoms with E-state index in [9.17, 15) is 71.9 Å². The number of alkyl carbamates (subject to hydrolysis) is 1. The number of nitrogens with one attached hydrogen (secondary N) is 5. The Balaban J connectivity index is 0.000000167. The van der Waals surface area contributed by atoms with E-state index in [0.29, 0.717) is 61.9 Å². The number of hydrogen-bond acceptors (Lipinski definition) is 16. The molecule has 15 fully saturated rings. The summed E-state index contributed by atoms with van der Waals surface area (Å²) < 4.78 is 4.19. The molecule has 27 nitrogen and oxygen atoms in total. The largest absolute Gasteiger partial charge is 0.444 e. The third-order valence-corrected chi connectivity index (χ3v) is 32.4. The van der Waals surface area contributed by atoms with Gasteiger partial charge in [-0.3, -0.25) is 57.5 Å². The summed E-state index contributed by atoms with van der Waals surface area (Å²) in [7, 11) is 0. The minimum atomic E-state index is -1.16. The number of carbonyl (C=O) groups is 15. The van der Waals surface area contributed by atoms with Gasteiger partial charge in [-0.05, 0) is 212 Å². The summed E-state index contributed by atoms with van der Waals surface area (Å²) in [5.41, 5.74) is 13.8. The fraction of sp³-hybridized carbons (Fsp3) is 0.837. The Hall–Kier alpha value is -6.77. The zero-order valence-electron chi connectivity index (χ0n) is 74.2. The second-order valence-corrected chi connectivity index (χ2v) is 45.7. The van der Waals surface area contributed by atoms with Gasteiger partial charge in [0, 0.05) is 79.6 Å². The number of fused-ring (bicyclic) bond motifs is 3. The summed E-state index contributed by atoms with van der Waals surface area (Å²) in [5.74, 6) is -6.25. The third-order valence-electron chi connectivity index (χ3n) is 31.3. The number of amides is 11. The minimum absolute atomic E-state index is 0.0115. The highest BCUT2D eigenvalue weighted by atomic mass is 35.5. The van der Waals surface area contributed by atoms with Crippen LogP contribution in [0.3, 0.4) is 0 Å². The summed E-state index contributed by atoms with van der Waals surface area (Å²) >= 11 is 12.9. The van der Waals surface area contributed by atoms with Gasteiger partial charge in [0.05, 0.1) is 18.1 Å². The number of halogens is 2. The number of alkyl halides is 2. The number of Topliss-reactive ketones (excluding diaryl/α,β-unsaturated/α-hetero) is 6. The van der Waals surface area contributed by atoms with Crippen molar-refractivity contribution in [3.63, 3.8) is 0 Å². The first-order valence-electron chi connectivity index (χ1n) is 46.0. The lowest BCUT2D eigenvalue weighted by atomic mass is 9.53. The predicted molar refractivity (Wildman–Crippen MR) is 455 cm³/mol. The first-order valence-corrected chi connectivity index (χ1v) is 46.8. The van der Waals surface area contributed by atoms with Gasteiger partial charge in [-0.25, -0.2) is 14.4 Å². The zero-order valence-corrected chi connectivity index (χ0v) is 75.7. The van der Waals surface area contributed by atoms with Crippen molar-refractivity contribution < 1.29 is 76.7 Å². The molecule has 29 heteroatoms. The van der Waals surface area contributed by atoms with E-state index in [0.717, 1.165) is 141 Å². The fourth-order valence-electron chi connectivity index (χ4n) is 24.4. The molecule has 3 saturated heterocycles. The second kappa shape index (κ2) is 36.3. The smallest absolute Gasteiger partial charge is 0.408 e. The first-order chi connectivity index (χ1) is 56.5. The molecule has 12 saturated carbocycles. The summed E-state index contributed by atoms with van der Waals surface area (Å²) in [6, 6.07) is -5.25. The van der Waals surface area contributed by atoms with E-state index in [-0.39, 0.29) is 131 Å². The van der Waals surface area contributed by atoms with Crippen LogP contribution in [0.5, 0.6) is 0 Å². The van der Waals surface area contributed by atoms with Gasteiger partial charge in [-0.15, -0.1) is 23.2 Å². The molecule has 3 aliphatic heterocycles. The monoisotopic (exact) mass is 1730 g/mol. The van der Waals surface area contributed by atoms with Crippen molar-refractivity contribution in [1.82, 2.24) is 41.3 Å². The molecule has 15 rings (SSSR count). The summed E-state index contributed by atoms with van der Waals surface area (Å²) in [6.45, 7) is 25.9. The Labute approximate surface area is 725 Å². The maximum atomic E-state index is 14.6. The minimum Gasteiger partial charge on any atom is -0.444 e. The molecule has 0 spiro atoms. The predicted octanol–water partition coefficient (Wildman–Crippen LogP) is 11.2. The molecule has 12 aliphatic carbocycles. The second-order valence-electron chi connectivity index (χ2n) is 44.2. The van der Waals surface area contributed by atoms with Gasteiger partial charge < -0.3 is 63.2 Å². The van der Waals surface area contributed by atoms with Crippen LogP contribution in [0, 0.1) is 117 Å². The highest BCUT2D eigenvalue weighted by Gasteiger charge is 2.75. The molecule has 674 valence electrons.